The Bertz CT molecular complexity index is 153. The lowest BCUT2D eigenvalue weighted by Gasteiger charge is -1.94. The number of carboxylic acids is 1. The average Bonchev–Trinajstić information content (AvgIpc) is 2.04. The van der Waals surface area contributed by atoms with Gasteiger partial charge < -0.3 is 10.8 Å². The lowest BCUT2D eigenvalue weighted by atomic mass is 10.3. The van der Waals surface area contributed by atoms with Crippen LogP contribution in [0.2, 0.25) is 0 Å². The van der Waals surface area contributed by atoms with Crippen LogP contribution in [0.25, 0.3) is 0 Å². The summed E-state index contributed by atoms with van der Waals surface area (Å²) < 4.78 is 0. The molecule has 72 valence electrons. The van der Waals surface area contributed by atoms with Crippen LogP contribution in [0.15, 0.2) is 11.8 Å². The smallest absolute Gasteiger partial charge is 0.317 e. The third-order valence-electron chi connectivity index (χ3n) is 1.08. The maximum absolute atomic E-state index is 9.88. The van der Waals surface area contributed by atoms with Gasteiger partial charge in [-0.15, -0.1) is 0 Å². The summed E-state index contributed by atoms with van der Waals surface area (Å²) in [6.45, 7) is 5.59. The molecule has 0 saturated carbocycles. The molecule has 0 amide bonds. The third kappa shape index (κ3) is 12.2. The number of halogens is 1. The molecule has 0 bridgehead atoms. The van der Waals surface area contributed by atoms with Crippen molar-refractivity contribution in [3.8, 4) is 0 Å². The number of carboxylic acid groups (broad SMARTS) is 1. The molecule has 3 N–H and O–H groups in total. The molecule has 0 rings (SSSR count). The molecule has 0 spiro atoms. The van der Waals surface area contributed by atoms with Crippen molar-refractivity contribution in [1.29, 1.82) is 0 Å². The number of alkyl halides is 1. The van der Waals surface area contributed by atoms with E-state index in [0.29, 0.717) is 6.42 Å². The summed E-state index contributed by atoms with van der Waals surface area (Å²) in [6, 6.07) is 0. The first kappa shape index (κ1) is 14.0. The zero-order valence-electron chi connectivity index (χ0n) is 7.67. The molecule has 0 aliphatic rings. The molecule has 0 radical (unpaired) electrons. The number of carbonyl (C=O) groups is 1. The van der Waals surface area contributed by atoms with Gasteiger partial charge in [-0.3, -0.25) is 4.79 Å². The predicted molar refractivity (Wildman–Crippen MR) is 54.3 cm³/mol. The van der Waals surface area contributed by atoms with E-state index in [2.05, 4.69) is 15.9 Å². The molecule has 0 saturated heterocycles. The zero-order valence-corrected chi connectivity index (χ0v) is 9.26. The van der Waals surface area contributed by atoms with Gasteiger partial charge in [-0.1, -0.05) is 28.9 Å². The zero-order chi connectivity index (χ0) is 10.1. The predicted octanol–water partition coefficient (Wildman–Crippen LogP) is 2.11. The van der Waals surface area contributed by atoms with E-state index in [4.69, 9.17) is 10.8 Å². The Morgan fingerprint density at radius 1 is 1.75 bits per heavy atom. The van der Waals surface area contributed by atoms with Gasteiger partial charge >= 0.3 is 5.97 Å². The van der Waals surface area contributed by atoms with Gasteiger partial charge in [0.15, 0.2) is 0 Å². The number of nitrogens with two attached hydrogens (primary N) is 1. The molecule has 0 aromatic rings. The van der Waals surface area contributed by atoms with Crippen LogP contribution in [0, 0.1) is 0 Å². The highest BCUT2D eigenvalue weighted by atomic mass is 79.9. The van der Waals surface area contributed by atoms with Crippen LogP contribution in [0.3, 0.4) is 0 Å². The molecule has 1 atom stereocenters. The number of aliphatic carboxylic acids is 1. The standard InChI is InChI=1S/C4H7BrO2.C4H9N/c1-2-3(5)4(6)7;1-3-4(2)5/h3H,2H2,1H3,(H,6,7);3H,5H2,1-2H3. The maximum Gasteiger partial charge on any atom is 0.317 e. The van der Waals surface area contributed by atoms with E-state index >= 15 is 0 Å². The van der Waals surface area contributed by atoms with Crippen molar-refractivity contribution in [2.24, 2.45) is 5.73 Å². The molecular weight excluding hydrogens is 222 g/mol. The molecule has 1 unspecified atom stereocenters. The number of rotatable bonds is 2. The summed E-state index contributed by atoms with van der Waals surface area (Å²) in [6.07, 6.45) is 2.50. The second-order valence-electron chi connectivity index (χ2n) is 2.25. The van der Waals surface area contributed by atoms with Gasteiger partial charge in [0.2, 0.25) is 0 Å². The summed E-state index contributed by atoms with van der Waals surface area (Å²) in [5.41, 5.74) is 6.03. The van der Waals surface area contributed by atoms with E-state index in [-0.39, 0.29) is 4.83 Å². The summed E-state index contributed by atoms with van der Waals surface area (Å²) in [5, 5.41) is 8.14. The minimum absolute atomic E-state index is 0.368. The Balaban J connectivity index is 0. The van der Waals surface area contributed by atoms with Crippen LogP contribution in [-0.4, -0.2) is 15.9 Å². The van der Waals surface area contributed by atoms with Gasteiger partial charge in [0.05, 0.1) is 0 Å². The fraction of sp³-hybridized carbons (Fsp3) is 0.625. The second-order valence-corrected chi connectivity index (χ2v) is 3.35. The van der Waals surface area contributed by atoms with Gasteiger partial charge in [0.25, 0.3) is 0 Å². The van der Waals surface area contributed by atoms with E-state index in [1.807, 2.05) is 26.8 Å². The normalized spacial score (nSPS) is 12.8. The van der Waals surface area contributed by atoms with Crippen LogP contribution in [0.5, 0.6) is 0 Å². The Labute approximate surface area is 81.8 Å². The summed E-state index contributed by atoms with van der Waals surface area (Å²) in [4.78, 5) is 9.52. The Hall–Kier alpha value is -0.510. The van der Waals surface area contributed by atoms with E-state index in [1.165, 1.54) is 0 Å². The van der Waals surface area contributed by atoms with Crippen molar-refractivity contribution in [2.45, 2.75) is 32.0 Å². The first-order chi connectivity index (χ1) is 5.45. The van der Waals surface area contributed by atoms with Gasteiger partial charge in [0, 0.05) is 5.70 Å². The second kappa shape index (κ2) is 8.59. The highest BCUT2D eigenvalue weighted by Crippen LogP contribution is 2.02. The van der Waals surface area contributed by atoms with Crippen molar-refractivity contribution >= 4 is 21.9 Å². The van der Waals surface area contributed by atoms with Crippen molar-refractivity contribution in [3.63, 3.8) is 0 Å². The molecule has 0 fully saturated rings. The van der Waals surface area contributed by atoms with E-state index < -0.39 is 5.97 Å². The van der Waals surface area contributed by atoms with Crippen LogP contribution in [-0.2, 0) is 4.79 Å². The van der Waals surface area contributed by atoms with E-state index in [9.17, 15) is 4.79 Å². The van der Waals surface area contributed by atoms with Gasteiger partial charge in [-0.25, -0.2) is 0 Å². The first-order valence-corrected chi connectivity index (χ1v) is 4.62. The highest BCUT2D eigenvalue weighted by Gasteiger charge is 2.07. The summed E-state index contributed by atoms with van der Waals surface area (Å²) in [7, 11) is 0. The molecule has 0 aromatic heterocycles. The van der Waals surface area contributed by atoms with E-state index in [1.54, 1.807) is 0 Å². The highest BCUT2D eigenvalue weighted by molar-refractivity contribution is 9.10. The van der Waals surface area contributed by atoms with Crippen LogP contribution in [0.4, 0.5) is 0 Å². The minimum Gasteiger partial charge on any atom is -0.480 e. The molecule has 0 aromatic carbocycles. The summed E-state index contributed by atoms with van der Waals surface area (Å²) in [5.74, 6) is -0.789. The monoisotopic (exact) mass is 237 g/mol. The van der Waals surface area contributed by atoms with Crippen LogP contribution in [0.1, 0.15) is 27.2 Å². The lowest BCUT2D eigenvalue weighted by molar-refractivity contribution is -0.136. The van der Waals surface area contributed by atoms with Crippen molar-refractivity contribution in [1.82, 2.24) is 0 Å². The van der Waals surface area contributed by atoms with Crippen LogP contribution < -0.4 is 5.73 Å². The quantitative estimate of drug-likeness (QED) is 0.724. The topological polar surface area (TPSA) is 63.3 Å². The molecule has 3 nitrogen and oxygen atoms in total. The Kier molecular flexibility index (Phi) is 10.0. The Morgan fingerprint density at radius 3 is 2.08 bits per heavy atom. The van der Waals surface area contributed by atoms with Gasteiger partial charge in [-0.2, -0.15) is 0 Å². The number of allylic oxidation sites excluding steroid dienone is 2. The number of hydrogen-bond donors (Lipinski definition) is 2. The third-order valence-corrected chi connectivity index (χ3v) is 2.12. The minimum atomic E-state index is -0.789. The van der Waals surface area contributed by atoms with Gasteiger partial charge in [-0.05, 0) is 20.3 Å². The lowest BCUT2D eigenvalue weighted by Crippen LogP contribution is -2.09. The first-order valence-electron chi connectivity index (χ1n) is 3.70. The SMILES string of the molecule is CC=C(C)N.CCC(Br)C(=O)O. The number of hydrogen-bond acceptors (Lipinski definition) is 2. The van der Waals surface area contributed by atoms with Crippen LogP contribution >= 0.6 is 15.9 Å². The fourth-order valence-corrected chi connectivity index (χ4v) is 0.175. The van der Waals surface area contributed by atoms with Crippen molar-refractivity contribution in [3.05, 3.63) is 11.8 Å². The summed E-state index contributed by atoms with van der Waals surface area (Å²) >= 11 is 2.94. The largest absolute Gasteiger partial charge is 0.480 e. The van der Waals surface area contributed by atoms with Gasteiger partial charge in [0.1, 0.15) is 4.83 Å². The van der Waals surface area contributed by atoms with Crippen molar-refractivity contribution < 1.29 is 9.90 Å². The molecule has 4 heteroatoms. The fourth-order valence-electron chi connectivity index (χ4n) is 0.175. The maximum atomic E-state index is 9.88. The van der Waals surface area contributed by atoms with Crippen molar-refractivity contribution in [2.75, 3.05) is 0 Å². The molecule has 0 heterocycles. The van der Waals surface area contributed by atoms with E-state index in [0.717, 1.165) is 5.70 Å². The average molecular weight is 238 g/mol. The molecular formula is C8H16BrNO2. The molecule has 0 aliphatic heterocycles. The Morgan fingerprint density at radius 2 is 2.08 bits per heavy atom. The molecule has 12 heavy (non-hydrogen) atoms. The molecule has 0 aliphatic carbocycles.